The van der Waals surface area contributed by atoms with Crippen LogP contribution in [0.15, 0.2) is 11.6 Å². The minimum Gasteiger partial charge on any atom is -0.499 e. The number of hydroxylamine groups is 1. The second-order valence-electron chi connectivity index (χ2n) is 1.69. The summed E-state index contributed by atoms with van der Waals surface area (Å²) in [5, 5.41) is 33.9. The molecule has 11 heavy (non-hydrogen) atoms. The molecule has 0 aromatic rings. The maximum Gasteiger partial charge on any atom is 0.309 e. The number of amides is 1. The molecule has 0 radical (unpaired) electrons. The third-order valence-electron chi connectivity index (χ3n) is 0.997. The normalized spacial score (nSPS) is 20.5. The van der Waals surface area contributed by atoms with Gasteiger partial charge in [0.25, 0.3) is 5.88 Å². The molecule has 0 aliphatic carbocycles. The van der Waals surface area contributed by atoms with Crippen molar-refractivity contribution in [1.82, 2.24) is 15.9 Å². The van der Waals surface area contributed by atoms with Gasteiger partial charge in [0.2, 0.25) is 5.76 Å². The fourth-order valence-corrected chi connectivity index (χ4v) is 0.477. The van der Waals surface area contributed by atoms with Crippen LogP contribution in [0.2, 0.25) is 0 Å². The molecule has 0 aromatic heterocycles. The molecule has 1 heterocycles. The van der Waals surface area contributed by atoms with Crippen LogP contribution in [-0.4, -0.2) is 37.0 Å². The average molecular weight is 163 g/mol. The molecule has 62 valence electrons. The summed E-state index contributed by atoms with van der Waals surface area (Å²) < 4.78 is 0. The molecule has 1 amide bonds. The van der Waals surface area contributed by atoms with E-state index in [1.165, 1.54) is 0 Å². The van der Waals surface area contributed by atoms with Gasteiger partial charge in [-0.25, -0.2) is 5.43 Å². The van der Waals surface area contributed by atoms with Gasteiger partial charge in [-0.1, -0.05) is 0 Å². The third kappa shape index (κ3) is 1.05. The van der Waals surface area contributed by atoms with Crippen molar-refractivity contribution in [3.05, 3.63) is 11.6 Å². The van der Waals surface area contributed by atoms with E-state index >= 15 is 0 Å². The molecule has 0 unspecified atom stereocenters. The van der Waals surface area contributed by atoms with E-state index < -0.39 is 17.5 Å². The Morgan fingerprint density at radius 1 is 1.27 bits per heavy atom. The largest absolute Gasteiger partial charge is 0.499 e. The van der Waals surface area contributed by atoms with E-state index in [-0.39, 0.29) is 10.5 Å². The topological polar surface area (TPSA) is 117 Å². The molecule has 1 aliphatic heterocycles. The smallest absolute Gasteiger partial charge is 0.309 e. The molecule has 1 aliphatic rings. The van der Waals surface area contributed by atoms with E-state index in [1.54, 1.807) is 5.43 Å². The summed E-state index contributed by atoms with van der Waals surface area (Å²) in [6.07, 6.45) is 0. The molecule has 0 bridgehead atoms. The average Bonchev–Trinajstić information content (AvgIpc) is 1.97. The monoisotopic (exact) mass is 163 g/mol. The zero-order valence-corrected chi connectivity index (χ0v) is 5.09. The SMILES string of the molecule is O=C1NN(O)N(O)C(O)=C1O. The number of rotatable bonds is 0. The van der Waals surface area contributed by atoms with Gasteiger partial charge >= 0.3 is 5.91 Å². The predicted octanol–water partition coefficient (Wildman–Crippen LogP) is -1.39. The third-order valence-corrected chi connectivity index (χ3v) is 0.997. The lowest BCUT2D eigenvalue weighted by Crippen LogP contribution is -2.54. The first kappa shape index (κ1) is 7.60. The first-order valence-corrected chi connectivity index (χ1v) is 2.45. The van der Waals surface area contributed by atoms with Gasteiger partial charge in [-0.3, -0.25) is 15.2 Å². The summed E-state index contributed by atoms with van der Waals surface area (Å²) in [6.45, 7) is 0. The Labute approximate surface area is 60.0 Å². The van der Waals surface area contributed by atoms with Gasteiger partial charge in [0, 0.05) is 5.28 Å². The molecular weight excluding hydrogens is 158 g/mol. The molecule has 0 spiro atoms. The van der Waals surface area contributed by atoms with Crippen LogP contribution in [-0.2, 0) is 4.79 Å². The Balaban J connectivity index is 2.98. The van der Waals surface area contributed by atoms with E-state index in [0.29, 0.717) is 0 Å². The maximum absolute atomic E-state index is 10.4. The van der Waals surface area contributed by atoms with Gasteiger partial charge in [0.15, 0.2) is 0 Å². The van der Waals surface area contributed by atoms with E-state index in [0.717, 1.165) is 0 Å². The summed E-state index contributed by atoms with van der Waals surface area (Å²) in [7, 11) is 0. The molecule has 8 nitrogen and oxygen atoms in total. The summed E-state index contributed by atoms with van der Waals surface area (Å²) in [5.74, 6) is -3.37. The zero-order valence-electron chi connectivity index (χ0n) is 5.09. The van der Waals surface area contributed by atoms with Crippen LogP contribution in [0, 0.1) is 0 Å². The van der Waals surface area contributed by atoms with Gasteiger partial charge in [-0.05, 0) is 0 Å². The first-order chi connectivity index (χ1) is 5.04. The van der Waals surface area contributed by atoms with Crippen molar-refractivity contribution in [2.24, 2.45) is 0 Å². The highest BCUT2D eigenvalue weighted by molar-refractivity contribution is 5.91. The number of hydrazine groups is 2. The maximum atomic E-state index is 10.4. The minimum atomic E-state index is -1.16. The van der Waals surface area contributed by atoms with E-state index in [9.17, 15) is 4.79 Å². The van der Waals surface area contributed by atoms with Crippen molar-refractivity contribution < 1.29 is 25.4 Å². The second kappa shape index (κ2) is 2.27. The predicted molar refractivity (Wildman–Crippen MR) is 27.7 cm³/mol. The van der Waals surface area contributed by atoms with Crippen LogP contribution in [0.4, 0.5) is 0 Å². The quantitative estimate of drug-likeness (QED) is 0.298. The summed E-state index contributed by atoms with van der Waals surface area (Å²) in [4.78, 5) is 10.4. The summed E-state index contributed by atoms with van der Waals surface area (Å²) >= 11 is 0. The Hall–Kier alpha value is -1.51. The number of nitrogens with zero attached hydrogens (tertiary/aromatic N) is 2. The van der Waals surface area contributed by atoms with Crippen LogP contribution in [0.1, 0.15) is 0 Å². The minimum absolute atomic E-state index is 0.197. The van der Waals surface area contributed by atoms with Gasteiger partial charge < -0.3 is 10.2 Å². The molecule has 0 saturated carbocycles. The zero-order chi connectivity index (χ0) is 8.59. The Morgan fingerprint density at radius 3 is 2.36 bits per heavy atom. The fourth-order valence-electron chi connectivity index (χ4n) is 0.477. The fraction of sp³-hybridized carbons (Fsp3) is 0. The molecule has 1 rings (SSSR count). The molecular formula is C3H5N3O5. The van der Waals surface area contributed by atoms with E-state index in [4.69, 9.17) is 20.6 Å². The Morgan fingerprint density at radius 2 is 1.82 bits per heavy atom. The number of carbonyl (C=O) groups is 1. The Kier molecular flexibility index (Phi) is 1.57. The van der Waals surface area contributed by atoms with Crippen molar-refractivity contribution in [3.63, 3.8) is 0 Å². The van der Waals surface area contributed by atoms with Gasteiger partial charge in [-0.15, -0.1) is 5.17 Å². The lowest BCUT2D eigenvalue weighted by molar-refractivity contribution is -0.386. The van der Waals surface area contributed by atoms with Crippen molar-refractivity contribution >= 4 is 5.91 Å². The number of aliphatic hydroxyl groups excluding tert-OH is 2. The van der Waals surface area contributed by atoms with Crippen molar-refractivity contribution in [3.8, 4) is 0 Å². The number of hydrogen-bond acceptors (Lipinski definition) is 7. The van der Waals surface area contributed by atoms with Crippen LogP contribution in [0.5, 0.6) is 0 Å². The molecule has 0 saturated heterocycles. The Bertz CT molecular complexity index is 225. The lowest BCUT2D eigenvalue weighted by Gasteiger charge is -2.27. The van der Waals surface area contributed by atoms with Crippen LogP contribution < -0.4 is 5.43 Å². The van der Waals surface area contributed by atoms with Crippen molar-refractivity contribution in [2.45, 2.75) is 0 Å². The molecule has 0 aromatic carbocycles. The highest BCUT2D eigenvalue weighted by atomic mass is 16.7. The lowest BCUT2D eigenvalue weighted by atomic mass is 10.5. The van der Waals surface area contributed by atoms with Crippen LogP contribution >= 0.6 is 0 Å². The van der Waals surface area contributed by atoms with E-state index in [1.807, 2.05) is 0 Å². The van der Waals surface area contributed by atoms with Crippen molar-refractivity contribution in [1.29, 1.82) is 0 Å². The number of aliphatic hydroxyl groups is 2. The highest BCUT2D eigenvalue weighted by Crippen LogP contribution is 2.08. The highest BCUT2D eigenvalue weighted by Gasteiger charge is 2.30. The number of carbonyl (C=O) groups excluding carboxylic acids is 1. The van der Waals surface area contributed by atoms with Crippen LogP contribution in [0.25, 0.3) is 0 Å². The summed E-state index contributed by atoms with van der Waals surface area (Å²) in [6, 6.07) is 0. The molecule has 5 N–H and O–H groups in total. The summed E-state index contributed by atoms with van der Waals surface area (Å²) in [5.41, 5.74) is 1.57. The molecule has 0 fully saturated rings. The van der Waals surface area contributed by atoms with Crippen LogP contribution in [0.3, 0.4) is 0 Å². The van der Waals surface area contributed by atoms with Crippen molar-refractivity contribution in [2.75, 3.05) is 0 Å². The standard InChI is InChI=1S/C3H5N3O5/c7-1-2(8)4-6(11)5(10)3(1)9/h7,9-11H,(H,4,8). The van der Waals surface area contributed by atoms with Gasteiger partial charge in [0.1, 0.15) is 0 Å². The molecule has 8 heteroatoms. The molecule has 0 atom stereocenters. The second-order valence-corrected chi connectivity index (χ2v) is 1.69. The van der Waals surface area contributed by atoms with E-state index in [2.05, 4.69) is 0 Å². The number of hydrogen-bond donors (Lipinski definition) is 5. The first-order valence-electron chi connectivity index (χ1n) is 2.45. The number of nitrogens with one attached hydrogen (secondary N) is 1. The van der Waals surface area contributed by atoms with Gasteiger partial charge in [-0.2, -0.15) is 0 Å². The van der Waals surface area contributed by atoms with Gasteiger partial charge in [0.05, 0.1) is 0 Å².